The van der Waals surface area contributed by atoms with Gasteiger partial charge in [-0.1, -0.05) is 44.2 Å². The predicted molar refractivity (Wildman–Crippen MR) is 131 cm³/mol. The van der Waals surface area contributed by atoms with Crippen LogP contribution in [0.5, 0.6) is 0 Å². The van der Waals surface area contributed by atoms with Crippen LogP contribution in [0.1, 0.15) is 32.3 Å². The highest BCUT2D eigenvalue weighted by atomic mass is 32.2. The molecule has 4 atom stereocenters. The fourth-order valence-electron chi connectivity index (χ4n) is 3.16. The third-order valence-electron chi connectivity index (χ3n) is 5.01. The van der Waals surface area contributed by atoms with Gasteiger partial charge in [0.1, 0.15) is 24.2 Å². The quantitative estimate of drug-likeness (QED) is 0.195. The first kappa shape index (κ1) is 29.4. The summed E-state index contributed by atoms with van der Waals surface area (Å²) in [7, 11) is 0. The van der Waals surface area contributed by atoms with Crippen LogP contribution in [-0.4, -0.2) is 76.7 Å². The van der Waals surface area contributed by atoms with Crippen LogP contribution in [0.3, 0.4) is 0 Å². The number of rotatable bonds is 15. The topological polar surface area (TPSA) is 171 Å². The van der Waals surface area contributed by atoms with E-state index in [1.807, 2.05) is 26.2 Å². The molecule has 0 aromatic heterocycles. The van der Waals surface area contributed by atoms with E-state index in [2.05, 4.69) is 16.0 Å². The second kappa shape index (κ2) is 15.3. The summed E-state index contributed by atoms with van der Waals surface area (Å²) in [6.07, 6.45) is 2.51. The molecule has 4 unspecified atom stereocenters. The maximum Gasteiger partial charge on any atom is 0.326 e. The Bertz CT molecular complexity index is 808. The van der Waals surface area contributed by atoms with E-state index in [1.165, 1.54) is 11.8 Å². The molecule has 0 spiro atoms. The molecule has 11 heteroatoms. The summed E-state index contributed by atoms with van der Waals surface area (Å²) in [6, 6.07) is 4.62. The number of benzene rings is 1. The molecule has 0 aliphatic heterocycles. The molecule has 34 heavy (non-hydrogen) atoms. The van der Waals surface area contributed by atoms with Crippen LogP contribution < -0.4 is 21.7 Å². The molecule has 0 aliphatic rings. The number of carboxylic acids is 1. The minimum Gasteiger partial charge on any atom is -0.480 e. The number of hydrogen-bond acceptors (Lipinski definition) is 7. The van der Waals surface area contributed by atoms with Gasteiger partial charge >= 0.3 is 5.97 Å². The van der Waals surface area contributed by atoms with E-state index in [1.54, 1.807) is 24.3 Å². The second-order valence-electron chi connectivity index (χ2n) is 8.41. The van der Waals surface area contributed by atoms with Crippen LogP contribution in [-0.2, 0) is 25.6 Å². The van der Waals surface area contributed by atoms with Crippen molar-refractivity contribution in [3.63, 3.8) is 0 Å². The van der Waals surface area contributed by atoms with E-state index in [-0.39, 0.29) is 18.8 Å². The van der Waals surface area contributed by atoms with Gasteiger partial charge in [0.25, 0.3) is 0 Å². The minimum atomic E-state index is -1.19. The van der Waals surface area contributed by atoms with Crippen molar-refractivity contribution < 1.29 is 29.4 Å². The zero-order chi connectivity index (χ0) is 25.7. The largest absolute Gasteiger partial charge is 0.480 e. The molecule has 0 aliphatic carbocycles. The summed E-state index contributed by atoms with van der Waals surface area (Å²) in [6.45, 7) is 3.17. The average molecular weight is 497 g/mol. The van der Waals surface area contributed by atoms with Crippen LogP contribution in [0.2, 0.25) is 0 Å². The summed E-state index contributed by atoms with van der Waals surface area (Å²) < 4.78 is 0. The van der Waals surface area contributed by atoms with Crippen LogP contribution in [0.15, 0.2) is 30.3 Å². The van der Waals surface area contributed by atoms with Crippen LogP contribution in [0.25, 0.3) is 0 Å². The number of carbonyl (C=O) groups excluding carboxylic acids is 3. The summed E-state index contributed by atoms with van der Waals surface area (Å²) in [5, 5.41) is 26.4. The van der Waals surface area contributed by atoms with Gasteiger partial charge in [-0.05, 0) is 36.3 Å². The van der Waals surface area contributed by atoms with Gasteiger partial charge in [0.2, 0.25) is 17.7 Å². The molecule has 0 bridgehead atoms. The highest BCUT2D eigenvalue weighted by molar-refractivity contribution is 7.98. The van der Waals surface area contributed by atoms with Crippen LogP contribution in [0, 0.1) is 5.92 Å². The van der Waals surface area contributed by atoms with E-state index in [4.69, 9.17) is 10.8 Å². The number of aliphatic carboxylic acids is 1. The molecule has 0 fully saturated rings. The Kier molecular flexibility index (Phi) is 13.2. The summed E-state index contributed by atoms with van der Waals surface area (Å²) in [5.74, 6) is -2.47. The van der Waals surface area contributed by atoms with Gasteiger partial charge in [-0.2, -0.15) is 11.8 Å². The number of carboxylic acid groups (broad SMARTS) is 1. The number of aliphatic hydroxyl groups excluding tert-OH is 1. The Morgan fingerprint density at radius 3 is 2.03 bits per heavy atom. The lowest BCUT2D eigenvalue weighted by atomic mass is 10.0. The molecule has 7 N–H and O–H groups in total. The first-order valence-corrected chi connectivity index (χ1v) is 12.5. The number of nitrogens with one attached hydrogen (secondary N) is 3. The molecule has 0 saturated carbocycles. The van der Waals surface area contributed by atoms with Gasteiger partial charge in [-0.25, -0.2) is 4.79 Å². The van der Waals surface area contributed by atoms with Gasteiger partial charge in [-0.15, -0.1) is 0 Å². The summed E-state index contributed by atoms with van der Waals surface area (Å²) in [4.78, 5) is 49.8. The zero-order valence-corrected chi connectivity index (χ0v) is 20.6. The number of thioether (sulfide) groups is 1. The Morgan fingerprint density at radius 1 is 0.941 bits per heavy atom. The first-order chi connectivity index (χ1) is 16.1. The van der Waals surface area contributed by atoms with Crippen molar-refractivity contribution in [3.8, 4) is 0 Å². The lowest BCUT2D eigenvalue weighted by molar-refractivity contribution is -0.142. The number of amides is 3. The third-order valence-corrected chi connectivity index (χ3v) is 5.66. The molecule has 3 amide bonds. The van der Waals surface area contributed by atoms with E-state index < -0.39 is 54.5 Å². The first-order valence-electron chi connectivity index (χ1n) is 11.1. The van der Waals surface area contributed by atoms with Crippen molar-refractivity contribution in [3.05, 3.63) is 35.9 Å². The van der Waals surface area contributed by atoms with Crippen molar-refractivity contribution >= 4 is 35.5 Å². The minimum absolute atomic E-state index is 0.0436. The summed E-state index contributed by atoms with van der Waals surface area (Å²) in [5.41, 5.74) is 6.29. The molecule has 10 nitrogen and oxygen atoms in total. The molecule has 1 aromatic carbocycles. The monoisotopic (exact) mass is 496 g/mol. The summed E-state index contributed by atoms with van der Waals surface area (Å²) >= 11 is 1.48. The van der Waals surface area contributed by atoms with Gasteiger partial charge in [-0.3, -0.25) is 14.4 Å². The molecule has 0 heterocycles. The molecule has 1 rings (SSSR count). The fourth-order valence-corrected chi connectivity index (χ4v) is 3.64. The Labute approximate surface area is 204 Å². The van der Waals surface area contributed by atoms with E-state index in [9.17, 15) is 24.3 Å². The Hall–Kier alpha value is -2.63. The van der Waals surface area contributed by atoms with E-state index >= 15 is 0 Å². The van der Waals surface area contributed by atoms with Crippen molar-refractivity contribution in [1.29, 1.82) is 0 Å². The smallest absolute Gasteiger partial charge is 0.326 e. The highest BCUT2D eigenvalue weighted by Gasteiger charge is 2.30. The number of nitrogens with two attached hydrogens (primary N) is 1. The SMILES string of the molecule is CSCCC(NC(=O)C(CC(C)C)NC(=O)C(N)CO)C(=O)NC(Cc1ccccc1)C(=O)O. The highest BCUT2D eigenvalue weighted by Crippen LogP contribution is 2.09. The molecular formula is C23H36N4O6S. The number of aliphatic hydroxyl groups is 1. The second-order valence-corrected chi connectivity index (χ2v) is 9.40. The molecule has 0 saturated heterocycles. The van der Waals surface area contributed by atoms with Crippen LogP contribution in [0.4, 0.5) is 0 Å². The maximum absolute atomic E-state index is 13.0. The lowest BCUT2D eigenvalue weighted by Crippen LogP contribution is -2.58. The number of carbonyl (C=O) groups is 4. The van der Waals surface area contributed by atoms with Crippen molar-refractivity contribution in [1.82, 2.24) is 16.0 Å². The standard InChI is InChI=1S/C23H36N4O6S/c1-14(2)11-18(26-20(29)16(24)13-28)22(31)25-17(9-10-34-3)21(30)27-19(23(32)33)12-15-7-5-4-6-8-15/h4-8,14,16-19,28H,9-13,24H2,1-3H3,(H,25,31)(H,26,29)(H,27,30)(H,32,33). The molecular weight excluding hydrogens is 460 g/mol. The maximum atomic E-state index is 13.0. The molecule has 0 radical (unpaired) electrons. The van der Waals surface area contributed by atoms with Gasteiger partial charge in [0.05, 0.1) is 6.61 Å². The van der Waals surface area contributed by atoms with E-state index in [0.717, 1.165) is 5.56 Å². The van der Waals surface area contributed by atoms with Crippen molar-refractivity contribution in [2.75, 3.05) is 18.6 Å². The van der Waals surface area contributed by atoms with Crippen molar-refractivity contribution in [2.45, 2.75) is 57.3 Å². The Morgan fingerprint density at radius 2 is 1.50 bits per heavy atom. The Balaban J connectivity index is 2.96. The average Bonchev–Trinajstić information content (AvgIpc) is 2.80. The van der Waals surface area contributed by atoms with Gasteiger partial charge in [0.15, 0.2) is 0 Å². The number of hydrogen-bond donors (Lipinski definition) is 6. The van der Waals surface area contributed by atoms with Crippen molar-refractivity contribution in [2.24, 2.45) is 11.7 Å². The fraction of sp³-hybridized carbons (Fsp3) is 0.565. The van der Waals surface area contributed by atoms with Gasteiger partial charge in [0, 0.05) is 6.42 Å². The normalized spacial score (nSPS) is 14.5. The van der Waals surface area contributed by atoms with E-state index in [0.29, 0.717) is 12.2 Å². The molecule has 190 valence electrons. The molecule has 1 aromatic rings. The zero-order valence-electron chi connectivity index (χ0n) is 19.8. The lowest BCUT2D eigenvalue weighted by Gasteiger charge is -2.26. The van der Waals surface area contributed by atoms with Crippen LogP contribution >= 0.6 is 11.8 Å². The predicted octanol–water partition coefficient (Wildman–Crippen LogP) is -0.113. The third kappa shape index (κ3) is 10.5. The van der Waals surface area contributed by atoms with Gasteiger partial charge < -0.3 is 31.9 Å².